The monoisotopic (exact) mass is 426 g/mol. The van der Waals surface area contributed by atoms with Gasteiger partial charge in [-0.2, -0.15) is 39.5 Å². The van der Waals surface area contributed by atoms with Crippen LogP contribution in [0.1, 0.15) is 32.8 Å². The van der Waals surface area contributed by atoms with Crippen LogP contribution in [-0.4, -0.2) is 37.2 Å². The highest BCUT2D eigenvalue weighted by Crippen LogP contribution is 2.56. The van der Waals surface area contributed by atoms with Crippen molar-refractivity contribution < 1.29 is 49.0 Å². The third kappa shape index (κ3) is 4.49. The van der Waals surface area contributed by atoms with Crippen LogP contribution in [0.15, 0.2) is 24.3 Å². The minimum absolute atomic E-state index is 0.145. The normalized spacial score (nSPS) is 16.2. The minimum Gasteiger partial charge on any atom is -0.491 e. The molecule has 1 aromatic carbocycles. The van der Waals surface area contributed by atoms with E-state index in [2.05, 4.69) is 0 Å². The van der Waals surface area contributed by atoms with Crippen molar-refractivity contribution >= 4 is 0 Å². The summed E-state index contributed by atoms with van der Waals surface area (Å²) in [7, 11) is 0.839. The molecule has 0 heterocycles. The van der Waals surface area contributed by atoms with E-state index in [9.17, 15) is 39.5 Å². The van der Waals surface area contributed by atoms with Crippen LogP contribution in [-0.2, 0) is 10.3 Å². The SMILES string of the molecule is COC(C)(CC(F)(F)C(F)(F)C(F)(F)C(F)(F)F)c1cccc(OC(C)C)c1. The van der Waals surface area contributed by atoms with E-state index in [1.807, 2.05) is 0 Å². The van der Waals surface area contributed by atoms with Gasteiger partial charge in [-0.05, 0) is 38.5 Å². The van der Waals surface area contributed by atoms with Crippen LogP contribution in [0.5, 0.6) is 5.75 Å². The molecule has 0 bridgehead atoms. The molecular formula is C17H19F9O2. The summed E-state index contributed by atoms with van der Waals surface area (Å²) in [5, 5.41) is 0. The number of halogens is 9. The molecule has 1 atom stereocenters. The van der Waals surface area contributed by atoms with Crippen molar-refractivity contribution in [3.63, 3.8) is 0 Å². The smallest absolute Gasteiger partial charge is 0.460 e. The Morgan fingerprint density at radius 2 is 1.43 bits per heavy atom. The maximum Gasteiger partial charge on any atom is 0.460 e. The third-order valence-corrected chi connectivity index (χ3v) is 4.04. The molecule has 0 fully saturated rings. The second kappa shape index (κ2) is 7.64. The molecule has 0 aliphatic heterocycles. The van der Waals surface area contributed by atoms with Crippen LogP contribution in [0.4, 0.5) is 39.5 Å². The van der Waals surface area contributed by atoms with E-state index in [1.54, 1.807) is 13.8 Å². The van der Waals surface area contributed by atoms with Gasteiger partial charge in [-0.1, -0.05) is 12.1 Å². The van der Waals surface area contributed by atoms with E-state index in [4.69, 9.17) is 9.47 Å². The Morgan fingerprint density at radius 3 is 1.86 bits per heavy atom. The first-order valence-electron chi connectivity index (χ1n) is 7.94. The Hall–Kier alpha value is -1.65. The zero-order valence-electron chi connectivity index (χ0n) is 15.3. The topological polar surface area (TPSA) is 18.5 Å². The number of ether oxygens (including phenoxy) is 2. The van der Waals surface area contributed by atoms with Gasteiger partial charge in [0, 0.05) is 7.11 Å². The van der Waals surface area contributed by atoms with Crippen LogP contribution in [0.3, 0.4) is 0 Å². The summed E-state index contributed by atoms with van der Waals surface area (Å²) in [5.74, 6) is -19.3. The number of rotatable bonds is 8. The van der Waals surface area contributed by atoms with Gasteiger partial charge >= 0.3 is 23.9 Å². The van der Waals surface area contributed by atoms with Gasteiger partial charge in [-0.15, -0.1) is 0 Å². The Labute approximate surface area is 155 Å². The molecule has 0 saturated heterocycles. The van der Waals surface area contributed by atoms with Crippen LogP contribution in [0, 0.1) is 0 Å². The lowest BCUT2D eigenvalue weighted by atomic mass is 9.85. The quantitative estimate of drug-likeness (QED) is 0.462. The fourth-order valence-corrected chi connectivity index (χ4v) is 2.40. The Bertz CT molecular complexity index is 671. The highest BCUT2D eigenvalue weighted by molar-refractivity contribution is 5.33. The molecule has 0 aliphatic carbocycles. The van der Waals surface area contributed by atoms with E-state index < -0.39 is 36.0 Å². The molecule has 2 nitrogen and oxygen atoms in total. The van der Waals surface area contributed by atoms with Crippen LogP contribution < -0.4 is 4.74 Å². The molecule has 0 spiro atoms. The van der Waals surface area contributed by atoms with E-state index >= 15 is 0 Å². The van der Waals surface area contributed by atoms with Crippen LogP contribution >= 0.6 is 0 Å². The van der Waals surface area contributed by atoms with Gasteiger partial charge in [-0.25, -0.2) is 0 Å². The average Bonchev–Trinajstić information content (AvgIpc) is 2.52. The minimum atomic E-state index is -6.94. The average molecular weight is 426 g/mol. The lowest BCUT2D eigenvalue weighted by molar-refractivity contribution is -0.400. The van der Waals surface area contributed by atoms with Crippen LogP contribution in [0.25, 0.3) is 0 Å². The number of benzene rings is 1. The first-order valence-corrected chi connectivity index (χ1v) is 7.94. The third-order valence-electron chi connectivity index (χ3n) is 4.04. The van der Waals surface area contributed by atoms with E-state index in [1.165, 1.54) is 18.2 Å². The maximum atomic E-state index is 14.1. The predicted molar refractivity (Wildman–Crippen MR) is 82.1 cm³/mol. The number of hydrogen-bond acceptors (Lipinski definition) is 2. The zero-order chi connectivity index (χ0) is 22.2. The Kier molecular flexibility index (Phi) is 6.66. The van der Waals surface area contributed by atoms with Gasteiger partial charge in [0.1, 0.15) is 5.75 Å². The molecule has 0 amide bonds. The zero-order valence-corrected chi connectivity index (χ0v) is 15.3. The first-order chi connectivity index (χ1) is 12.4. The molecule has 28 heavy (non-hydrogen) atoms. The lowest BCUT2D eigenvalue weighted by Gasteiger charge is -2.38. The van der Waals surface area contributed by atoms with Crippen molar-refractivity contribution in [1.29, 1.82) is 0 Å². The largest absolute Gasteiger partial charge is 0.491 e. The summed E-state index contributed by atoms with van der Waals surface area (Å²) in [4.78, 5) is 0. The van der Waals surface area contributed by atoms with Crippen molar-refractivity contribution in [2.75, 3.05) is 7.11 Å². The summed E-state index contributed by atoms with van der Waals surface area (Å²) in [5.41, 5.74) is -2.48. The summed E-state index contributed by atoms with van der Waals surface area (Å²) in [6, 6.07) is 5.06. The molecule has 1 aromatic rings. The molecule has 1 unspecified atom stereocenters. The van der Waals surface area contributed by atoms with E-state index in [0.717, 1.165) is 20.1 Å². The fourth-order valence-electron chi connectivity index (χ4n) is 2.40. The van der Waals surface area contributed by atoms with Crippen molar-refractivity contribution in [2.24, 2.45) is 0 Å². The van der Waals surface area contributed by atoms with Crippen molar-refractivity contribution in [2.45, 2.75) is 62.8 Å². The lowest BCUT2D eigenvalue weighted by Crippen LogP contribution is -2.62. The Morgan fingerprint density at radius 1 is 0.893 bits per heavy atom. The van der Waals surface area contributed by atoms with Crippen LogP contribution in [0.2, 0.25) is 0 Å². The van der Waals surface area contributed by atoms with Gasteiger partial charge in [0.25, 0.3) is 0 Å². The summed E-state index contributed by atoms with van der Waals surface area (Å²) in [6.45, 7) is 4.17. The molecule has 162 valence electrons. The molecule has 0 aromatic heterocycles. The molecule has 1 rings (SSSR count). The molecule has 0 radical (unpaired) electrons. The van der Waals surface area contributed by atoms with Crippen molar-refractivity contribution in [1.82, 2.24) is 0 Å². The first kappa shape index (κ1) is 24.4. The molecule has 0 saturated carbocycles. The van der Waals surface area contributed by atoms with Crippen molar-refractivity contribution in [3.8, 4) is 5.75 Å². The molecule has 11 heteroatoms. The summed E-state index contributed by atoms with van der Waals surface area (Å²) < 4.78 is 128. The molecular weight excluding hydrogens is 407 g/mol. The highest BCUT2D eigenvalue weighted by atomic mass is 19.4. The maximum absolute atomic E-state index is 14.1. The number of hydrogen-bond donors (Lipinski definition) is 0. The van der Waals surface area contributed by atoms with Gasteiger partial charge in [0.15, 0.2) is 0 Å². The van der Waals surface area contributed by atoms with Gasteiger partial charge in [-0.3, -0.25) is 0 Å². The van der Waals surface area contributed by atoms with E-state index in [-0.39, 0.29) is 17.4 Å². The summed E-state index contributed by atoms with van der Waals surface area (Å²) in [6.07, 6.45) is -9.34. The van der Waals surface area contributed by atoms with Gasteiger partial charge in [0.2, 0.25) is 0 Å². The second-order valence-corrected chi connectivity index (χ2v) is 6.66. The van der Waals surface area contributed by atoms with Crippen molar-refractivity contribution in [3.05, 3.63) is 29.8 Å². The standard InChI is InChI=1S/C17H19F9O2/c1-10(2)28-12-7-5-6-11(8-12)13(3,27-4)9-14(18,19)15(20,21)16(22,23)17(24,25)26/h5-8,10H,9H2,1-4H3. The summed E-state index contributed by atoms with van der Waals surface area (Å²) >= 11 is 0. The van der Waals surface area contributed by atoms with Gasteiger partial charge < -0.3 is 9.47 Å². The number of methoxy groups -OCH3 is 1. The number of alkyl halides is 9. The van der Waals surface area contributed by atoms with E-state index in [0.29, 0.717) is 0 Å². The second-order valence-electron chi connectivity index (χ2n) is 6.66. The highest BCUT2D eigenvalue weighted by Gasteiger charge is 2.82. The Balaban J connectivity index is 3.33. The molecule has 0 aliphatic rings. The van der Waals surface area contributed by atoms with Gasteiger partial charge in [0.05, 0.1) is 18.1 Å². The predicted octanol–water partition coefficient (Wildman–Crippen LogP) is 6.19. The fraction of sp³-hybridized carbons (Fsp3) is 0.647. The molecule has 0 N–H and O–H groups in total.